The Labute approximate surface area is 214 Å². The van der Waals surface area contributed by atoms with Crippen molar-refractivity contribution >= 4 is 38.2 Å². The highest BCUT2D eigenvalue weighted by molar-refractivity contribution is 7.93. The smallest absolute Gasteiger partial charge is 0.264 e. The number of nitrogens with zero attached hydrogens (tertiary/aromatic N) is 3. The maximum absolute atomic E-state index is 13.4. The first kappa shape index (κ1) is 25.4. The number of ether oxygens (including phenoxy) is 1. The van der Waals surface area contributed by atoms with Gasteiger partial charge in [-0.05, 0) is 68.7 Å². The Morgan fingerprint density at radius 1 is 1.08 bits per heavy atom. The van der Waals surface area contributed by atoms with Gasteiger partial charge in [-0.25, -0.2) is 8.42 Å². The molecule has 0 spiro atoms. The first-order valence-electron chi connectivity index (χ1n) is 10.8. The highest BCUT2D eigenvalue weighted by atomic mass is 35.5. The van der Waals surface area contributed by atoms with Crippen molar-refractivity contribution in [3.8, 4) is 17.6 Å². The number of rotatable bonds is 6. The van der Waals surface area contributed by atoms with Crippen LogP contribution in [-0.4, -0.2) is 49.6 Å². The molecule has 4 rings (SSSR count). The Bertz CT molecular complexity index is 1580. The van der Waals surface area contributed by atoms with Crippen molar-refractivity contribution in [1.29, 1.82) is 0 Å². The average Bonchev–Trinajstić information content (AvgIpc) is 2.87. The molecule has 8 nitrogen and oxygen atoms in total. The Morgan fingerprint density at radius 2 is 1.89 bits per heavy atom. The third-order valence-corrected chi connectivity index (χ3v) is 6.94. The molecule has 0 bridgehead atoms. The third-order valence-electron chi connectivity index (χ3n) is 5.31. The minimum atomic E-state index is -4.03. The van der Waals surface area contributed by atoms with Crippen LogP contribution in [0.15, 0.2) is 71.9 Å². The van der Waals surface area contributed by atoms with Gasteiger partial charge in [0.15, 0.2) is 0 Å². The number of aliphatic hydroxyl groups is 1. The minimum absolute atomic E-state index is 0.00648. The highest BCUT2D eigenvalue weighted by Crippen LogP contribution is 2.31. The zero-order chi connectivity index (χ0) is 25.9. The summed E-state index contributed by atoms with van der Waals surface area (Å²) >= 11 is 6.17. The number of nitrogens with one attached hydrogen (secondary N) is 1. The number of sulfonamides is 1. The molecule has 0 aliphatic carbocycles. The Balaban J connectivity index is 1.68. The molecule has 0 aliphatic heterocycles. The maximum atomic E-state index is 13.4. The fourth-order valence-corrected chi connectivity index (χ4v) is 4.87. The highest BCUT2D eigenvalue weighted by Gasteiger charge is 2.21. The van der Waals surface area contributed by atoms with E-state index in [0.717, 1.165) is 0 Å². The van der Waals surface area contributed by atoms with Gasteiger partial charge in [-0.1, -0.05) is 23.4 Å². The molecule has 0 saturated heterocycles. The van der Waals surface area contributed by atoms with Gasteiger partial charge in [0, 0.05) is 28.4 Å². The van der Waals surface area contributed by atoms with Crippen LogP contribution >= 0.6 is 11.6 Å². The molecule has 2 aromatic carbocycles. The summed E-state index contributed by atoms with van der Waals surface area (Å²) < 4.78 is 34.7. The van der Waals surface area contributed by atoms with Gasteiger partial charge in [-0.2, -0.15) is 0 Å². The van der Waals surface area contributed by atoms with E-state index >= 15 is 0 Å². The molecule has 36 heavy (non-hydrogen) atoms. The molecule has 0 fully saturated rings. The number of fused-ring (bicyclic) bond motifs is 1. The molecule has 4 aromatic rings. The quantitative estimate of drug-likeness (QED) is 0.291. The van der Waals surface area contributed by atoms with Crippen LogP contribution in [0.2, 0.25) is 5.02 Å². The van der Waals surface area contributed by atoms with Crippen LogP contribution in [-0.2, 0) is 10.0 Å². The minimum Gasteiger partial charge on any atom is -0.496 e. The molecule has 0 radical (unpaired) electrons. The van der Waals surface area contributed by atoms with Crippen molar-refractivity contribution in [2.45, 2.75) is 11.1 Å². The molecular weight excluding hydrogens is 500 g/mol. The predicted molar refractivity (Wildman–Crippen MR) is 139 cm³/mol. The van der Waals surface area contributed by atoms with Crippen molar-refractivity contribution in [2.24, 2.45) is 0 Å². The van der Waals surface area contributed by atoms with E-state index in [0.29, 0.717) is 33.0 Å². The summed E-state index contributed by atoms with van der Waals surface area (Å²) in [5.74, 6) is 6.45. The van der Waals surface area contributed by atoms with Crippen LogP contribution in [0.25, 0.3) is 10.9 Å². The molecular formula is C26H23ClN4O4S. The zero-order valence-electron chi connectivity index (χ0n) is 19.7. The fraction of sp³-hybridized carbons (Fsp3) is 0.154. The lowest BCUT2D eigenvalue weighted by atomic mass is 10.1. The van der Waals surface area contributed by atoms with Crippen LogP contribution in [0.5, 0.6) is 5.75 Å². The van der Waals surface area contributed by atoms with Gasteiger partial charge in [-0.15, -0.1) is 0 Å². The van der Waals surface area contributed by atoms with E-state index in [9.17, 15) is 13.5 Å². The standard InChI is InChI=1S/C26H23ClN4O4S/c1-31(2)26(32)22-10-7-17(16-29-22)6-8-18-15-19(27)9-11-21(18)30-36(33,34)24-13-12-23(35-3)20-5-4-14-28-25(20)24/h4-5,7,9-16,26,30,32H,1-3H3. The van der Waals surface area contributed by atoms with E-state index in [4.69, 9.17) is 16.3 Å². The molecule has 2 N–H and O–H groups in total. The molecule has 2 aromatic heterocycles. The largest absolute Gasteiger partial charge is 0.496 e. The number of anilines is 1. The van der Waals surface area contributed by atoms with E-state index in [1.165, 1.54) is 19.4 Å². The van der Waals surface area contributed by atoms with E-state index in [2.05, 4.69) is 26.5 Å². The zero-order valence-corrected chi connectivity index (χ0v) is 21.3. The molecule has 0 aliphatic rings. The summed E-state index contributed by atoms with van der Waals surface area (Å²) in [6.07, 6.45) is 2.24. The number of hydrogen-bond donors (Lipinski definition) is 2. The van der Waals surface area contributed by atoms with E-state index in [1.807, 2.05) is 0 Å². The summed E-state index contributed by atoms with van der Waals surface area (Å²) in [6.45, 7) is 0. The monoisotopic (exact) mass is 522 g/mol. The lowest BCUT2D eigenvalue weighted by Gasteiger charge is -2.17. The van der Waals surface area contributed by atoms with Crippen molar-refractivity contribution in [1.82, 2.24) is 14.9 Å². The molecule has 0 amide bonds. The summed E-state index contributed by atoms with van der Waals surface area (Å²) in [6, 6.07) is 14.6. The summed E-state index contributed by atoms with van der Waals surface area (Å²) in [5, 5.41) is 11.1. The Kier molecular flexibility index (Phi) is 7.43. The van der Waals surface area contributed by atoms with Crippen LogP contribution in [0.4, 0.5) is 5.69 Å². The summed E-state index contributed by atoms with van der Waals surface area (Å²) in [7, 11) is 0.969. The topological polar surface area (TPSA) is 105 Å². The molecule has 1 atom stereocenters. The van der Waals surface area contributed by atoms with Gasteiger partial charge in [0.25, 0.3) is 10.0 Å². The van der Waals surface area contributed by atoms with Gasteiger partial charge in [0.05, 0.1) is 29.6 Å². The molecule has 2 heterocycles. The van der Waals surface area contributed by atoms with E-state index in [1.54, 1.807) is 73.7 Å². The van der Waals surface area contributed by atoms with Gasteiger partial charge in [0.2, 0.25) is 0 Å². The Hall–Kier alpha value is -3.68. The van der Waals surface area contributed by atoms with Crippen LogP contribution < -0.4 is 9.46 Å². The fourth-order valence-electron chi connectivity index (χ4n) is 3.46. The molecule has 184 valence electrons. The summed E-state index contributed by atoms with van der Waals surface area (Å²) in [4.78, 5) is 10.1. The first-order chi connectivity index (χ1) is 17.2. The van der Waals surface area contributed by atoms with Gasteiger partial charge in [-0.3, -0.25) is 19.6 Å². The molecule has 10 heteroatoms. The predicted octanol–water partition coefficient (Wildman–Crippen LogP) is 4.04. The van der Waals surface area contributed by atoms with Gasteiger partial charge >= 0.3 is 0 Å². The van der Waals surface area contributed by atoms with Crippen molar-refractivity contribution < 1.29 is 18.3 Å². The number of hydrogen-bond acceptors (Lipinski definition) is 7. The SMILES string of the molecule is COc1ccc(S(=O)(=O)Nc2ccc(Cl)cc2C#Cc2ccc(C(O)N(C)C)nc2)c2ncccc12. The molecule has 0 saturated carbocycles. The van der Waals surface area contributed by atoms with Crippen molar-refractivity contribution in [3.63, 3.8) is 0 Å². The second-order valence-corrected chi connectivity index (χ2v) is 10.1. The van der Waals surface area contributed by atoms with E-state index < -0.39 is 16.3 Å². The lowest BCUT2D eigenvalue weighted by molar-refractivity contribution is 0.0358. The first-order valence-corrected chi connectivity index (χ1v) is 12.6. The summed E-state index contributed by atoms with van der Waals surface area (Å²) in [5.41, 5.74) is 2.01. The number of aliphatic hydroxyl groups excluding tert-OH is 1. The van der Waals surface area contributed by atoms with E-state index in [-0.39, 0.29) is 16.1 Å². The number of benzene rings is 2. The van der Waals surface area contributed by atoms with Gasteiger partial charge in [0.1, 0.15) is 16.9 Å². The second kappa shape index (κ2) is 10.5. The number of halogens is 1. The third kappa shape index (κ3) is 5.42. The van der Waals surface area contributed by atoms with Crippen molar-refractivity contribution in [2.75, 3.05) is 25.9 Å². The van der Waals surface area contributed by atoms with Crippen LogP contribution in [0.3, 0.4) is 0 Å². The normalized spacial score (nSPS) is 12.2. The van der Waals surface area contributed by atoms with Crippen LogP contribution in [0.1, 0.15) is 23.0 Å². The maximum Gasteiger partial charge on any atom is 0.264 e. The lowest BCUT2D eigenvalue weighted by Crippen LogP contribution is -2.20. The van der Waals surface area contributed by atoms with Gasteiger partial charge < -0.3 is 9.84 Å². The number of aromatic nitrogens is 2. The van der Waals surface area contributed by atoms with Crippen molar-refractivity contribution in [3.05, 3.63) is 88.8 Å². The number of pyridine rings is 2. The number of methoxy groups -OCH3 is 1. The molecule has 1 unspecified atom stereocenters. The van der Waals surface area contributed by atoms with Crippen LogP contribution in [0, 0.1) is 11.8 Å². The second-order valence-electron chi connectivity index (χ2n) is 8.02. The Morgan fingerprint density at radius 3 is 2.58 bits per heavy atom. The average molecular weight is 523 g/mol.